The average molecular weight is 965 g/mol. The van der Waals surface area contributed by atoms with Gasteiger partial charge in [-0.2, -0.15) is 13.2 Å². The van der Waals surface area contributed by atoms with Gasteiger partial charge in [0.25, 0.3) is 0 Å². The number of carboxylic acids is 2. The maximum atomic E-state index is 14.5. The summed E-state index contributed by atoms with van der Waals surface area (Å²) < 4.78 is 43.7. The minimum Gasteiger partial charge on any atom is -0.480 e. The zero-order chi connectivity index (χ0) is 51.6. The van der Waals surface area contributed by atoms with Crippen LogP contribution < -0.4 is 16.4 Å². The Morgan fingerprint density at radius 1 is 0.853 bits per heavy atom. The molecule has 3 rings (SSSR count). The van der Waals surface area contributed by atoms with Gasteiger partial charge in [-0.3, -0.25) is 24.1 Å². The second-order valence-corrected chi connectivity index (χ2v) is 18.4. The van der Waals surface area contributed by atoms with Gasteiger partial charge >= 0.3 is 18.1 Å². The van der Waals surface area contributed by atoms with E-state index in [2.05, 4.69) is 10.6 Å². The van der Waals surface area contributed by atoms with Crippen LogP contribution in [0.5, 0.6) is 0 Å². The van der Waals surface area contributed by atoms with Crippen LogP contribution in [-0.4, -0.2) is 150 Å². The predicted molar refractivity (Wildman–Crippen MR) is 252 cm³/mol. The Bertz CT molecular complexity index is 1920. The summed E-state index contributed by atoms with van der Waals surface area (Å²) in [5.41, 5.74) is 8.46. The van der Waals surface area contributed by atoms with Crippen LogP contribution in [0, 0.1) is 23.7 Å². The normalized spacial score (nSPS) is 17.5. The zero-order valence-electron chi connectivity index (χ0n) is 41.4. The number of nitrogens with one attached hydrogen (secondary N) is 2. The highest BCUT2D eigenvalue weighted by molar-refractivity contribution is 5.90. The van der Waals surface area contributed by atoms with Gasteiger partial charge in [0.2, 0.25) is 23.6 Å². The third-order valence-corrected chi connectivity index (χ3v) is 12.7. The summed E-state index contributed by atoms with van der Waals surface area (Å²) in [6.07, 6.45) is -3.63. The van der Waals surface area contributed by atoms with Gasteiger partial charge in [0.1, 0.15) is 12.1 Å². The van der Waals surface area contributed by atoms with E-state index in [9.17, 15) is 42.3 Å². The lowest BCUT2D eigenvalue weighted by Crippen LogP contribution is -2.60. The summed E-state index contributed by atoms with van der Waals surface area (Å²) in [6, 6.07) is 13.4. The number of benzene rings is 2. The number of nitrogen functional groups attached to an aromatic ring is 1. The molecule has 68 heavy (non-hydrogen) atoms. The second kappa shape index (κ2) is 27.7. The van der Waals surface area contributed by atoms with E-state index < -0.39 is 72.4 Å². The highest BCUT2D eigenvalue weighted by Crippen LogP contribution is 2.30. The van der Waals surface area contributed by atoms with E-state index in [1.165, 1.54) is 7.11 Å². The van der Waals surface area contributed by atoms with Crippen molar-refractivity contribution >= 4 is 41.3 Å². The van der Waals surface area contributed by atoms with Gasteiger partial charge < -0.3 is 45.9 Å². The average Bonchev–Trinajstić information content (AvgIpc) is 3.77. The first-order valence-electron chi connectivity index (χ1n) is 23.1. The van der Waals surface area contributed by atoms with Crippen LogP contribution >= 0.6 is 0 Å². The number of likely N-dealkylation sites (N-methyl/N-ethyl adjacent to an activating group) is 2. The third kappa shape index (κ3) is 17.4. The number of amides is 4. The molecule has 382 valence electrons. The largest absolute Gasteiger partial charge is 0.490 e. The molecular formula is C49H75F3N6O10. The molecule has 16 nitrogen and oxygen atoms in total. The van der Waals surface area contributed by atoms with Crippen molar-refractivity contribution in [3.05, 3.63) is 65.7 Å². The van der Waals surface area contributed by atoms with Crippen molar-refractivity contribution in [3.8, 4) is 0 Å². The number of anilines is 1. The summed E-state index contributed by atoms with van der Waals surface area (Å²) in [5, 5.41) is 22.9. The van der Waals surface area contributed by atoms with Crippen LogP contribution in [0.25, 0.3) is 0 Å². The number of nitrogens with two attached hydrogens (primary N) is 1. The number of carbonyl (C=O) groups is 6. The topological polar surface area (TPSA) is 221 Å². The quantitative estimate of drug-likeness (QED) is 0.0850. The maximum absolute atomic E-state index is 14.5. The monoisotopic (exact) mass is 965 g/mol. The van der Waals surface area contributed by atoms with E-state index in [1.54, 1.807) is 30.9 Å². The number of carboxylic acid groups (broad SMARTS) is 2. The minimum absolute atomic E-state index is 0.0261. The Balaban J connectivity index is 0.00000209. The van der Waals surface area contributed by atoms with Gasteiger partial charge in [-0.05, 0) is 67.3 Å². The van der Waals surface area contributed by atoms with Crippen LogP contribution in [0.15, 0.2) is 54.6 Å². The summed E-state index contributed by atoms with van der Waals surface area (Å²) >= 11 is 0. The molecule has 0 spiro atoms. The van der Waals surface area contributed by atoms with Crippen molar-refractivity contribution in [1.82, 2.24) is 25.3 Å². The van der Waals surface area contributed by atoms with E-state index in [-0.39, 0.29) is 48.3 Å². The number of ether oxygens (including phenoxy) is 2. The molecule has 0 unspecified atom stereocenters. The lowest BCUT2D eigenvalue weighted by molar-refractivity contribution is -0.192. The Hall–Kier alpha value is -5.27. The molecule has 6 N–H and O–H groups in total. The van der Waals surface area contributed by atoms with Gasteiger partial charge in [0.05, 0.1) is 42.7 Å². The van der Waals surface area contributed by atoms with Gasteiger partial charge in [0, 0.05) is 46.5 Å². The highest BCUT2D eigenvalue weighted by atomic mass is 19.4. The fourth-order valence-corrected chi connectivity index (χ4v) is 8.77. The van der Waals surface area contributed by atoms with Crippen LogP contribution in [0.4, 0.5) is 18.9 Å². The van der Waals surface area contributed by atoms with Crippen LogP contribution in [-0.2, 0) is 51.1 Å². The highest BCUT2D eigenvalue weighted by Gasteiger charge is 2.44. The van der Waals surface area contributed by atoms with Crippen molar-refractivity contribution < 1.29 is 61.6 Å². The molecule has 0 radical (unpaired) electrons. The molecule has 0 aliphatic carbocycles. The van der Waals surface area contributed by atoms with Crippen molar-refractivity contribution in [3.63, 3.8) is 0 Å². The van der Waals surface area contributed by atoms with Gasteiger partial charge in [-0.1, -0.05) is 97.4 Å². The van der Waals surface area contributed by atoms with Crippen LogP contribution in [0.2, 0.25) is 0 Å². The number of rotatable bonds is 24. The summed E-state index contributed by atoms with van der Waals surface area (Å²) in [7, 11) is 6.69. The first kappa shape index (κ1) is 58.9. The molecule has 4 amide bonds. The molecule has 1 fully saturated rings. The maximum Gasteiger partial charge on any atom is 0.490 e. The SMILES string of the molecule is CC[C@H](C)[C@@H]([C@@H](CC(=O)N1CCC[C@H]1[C@H](OC)[C@@H](C)C(=O)N[C@@H](Cc1ccccc1)C(=O)O)OC)N(C)C(=O)[C@@H](NC(=O)[C@H](C(C)C)N(C)CCc1ccc(N)cc1)C(C)C.O=C(O)C(F)(F)F. The zero-order valence-corrected chi connectivity index (χ0v) is 41.4. The minimum atomic E-state index is -5.08. The Labute approximate surface area is 399 Å². The molecule has 0 bridgehead atoms. The van der Waals surface area contributed by atoms with Gasteiger partial charge in [-0.25, -0.2) is 9.59 Å². The number of carbonyl (C=O) groups excluding carboxylic acids is 4. The predicted octanol–water partition coefficient (Wildman–Crippen LogP) is 5.27. The first-order valence-corrected chi connectivity index (χ1v) is 23.1. The molecule has 1 heterocycles. The Morgan fingerprint density at radius 2 is 1.44 bits per heavy atom. The van der Waals surface area contributed by atoms with E-state index >= 15 is 0 Å². The fourth-order valence-electron chi connectivity index (χ4n) is 8.77. The van der Waals surface area contributed by atoms with Crippen molar-refractivity contribution in [2.75, 3.05) is 47.1 Å². The van der Waals surface area contributed by atoms with Crippen molar-refractivity contribution in [2.24, 2.45) is 23.7 Å². The molecule has 1 aliphatic rings. The smallest absolute Gasteiger partial charge is 0.480 e. The molecular weight excluding hydrogens is 890 g/mol. The van der Waals surface area contributed by atoms with E-state index in [0.29, 0.717) is 38.0 Å². The summed E-state index contributed by atoms with van der Waals surface area (Å²) in [5.74, 6) is -6.15. The molecule has 2 aromatic carbocycles. The lowest BCUT2D eigenvalue weighted by Gasteiger charge is -2.41. The van der Waals surface area contributed by atoms with Crippen LogP contribution in [0.1, 0.15) is 85.3 Å². The summed E-state index contributed by atoms with van der Waals surface area (Å²) in [6.45, 7) is 14.7. The third-order valence-electron chi connectivity index (χ3n) is 12.7. The number of methoxy groups -OCH3 is 2. The molecule has 1 saturated heterocycles. The number of nitrogens with zero attached hydrogens (tertiary/aromatic N) is 3. The second-order valence-electron chi connectivity index (χ2n) is 18.4. The van der Waals surface area contributed by atoms with E-state index in [1.807, 2.05) is 108 Å². The standard InChI is InChI=1S/C47H74N6O8.C2HF3O2/c1-12-31(6)42(52(9)46(57)40(29(2)3)50-45(56)41(30(4)5)51(8)26-24-33-20-22-35(48)23-21-33)38(60-10)28-39(54)53-25-16-19-37(53)43(61-11)32(7)44(55)49-36(47(58)59)27-34-17-14-13-15-18-34;3-2(4,5)1(6)7/h13-15,17-18,20-23,29-32,36-38,40-43H,12,16,19,24-28,48H2,1-11H3,(H,49,55)(H,50,56)(H,58,59);(H,6,7)/t31-,32+,36-,37-,38+,40-,41-,42-,43+;/m0./s1. The van der Waals surface area contributed by atoms with Crippen molar-refractivity contribution in [1.29, 1.82) is 0 Å². The number of likely N-dealkylation sites (tertiary alicyclic amines) is 1. The number of aliphatic carboxylic acids is 2. The van der Waals surface area contributed by atoms with E-state index in [4.69, 9.17) is 25.1 Å². The molecule has 19 heteroatoms. The first-order chi connectivity index (χ1) is 31.8. The molecule has 0 saturated carbocycles. The molecule has 0 aromatic heterocycles. The van der Waals surface area contributed by atoms with Gasteiger partial charge in [-0.15, -0.1) is 0 Å². The van der Waals surface area contributed by atoms with E-state index in [0.717, 1.165) is 17.5 Å². The van der Waals surface area contributed by atoms with Gasteiger partial charge in [0.15, 0.2) is 0 Å². The molecule has 1 aliphatic heterocycles. The number of hydrogen-bond donors (Lipinski definition) is 5. The Kier molecular flexibility index (Phi) is 23.9. The Morgan fingerprint density at radius 3 is 1.93 bits per heavy atom. The number of halogens is 3. The number of alkyl halides is 3. The molecule has 9 atom stereocenters. The summed E-state index contributed by atoms with van der Waals surface area (Å²) in [4.78, 5) is 82.9. The van der Waals surface area contributed by atoms with Crippen molar-refractivity contribution in [2.45, 2.75) is 136 Å². The number of hydrogen-bond acceptors (Lipinski definition) is 10. The lowest BCUT2D eigenvalue weighted by atomic mass is 9.89. The molecule has 2 aromatic rings. The fraction of sp³-hybridized carbons (Fsp3) is 0.633. The van der Waals surface area contributed by atoms with Crippen LogP contribution in [0.3, 0.4) is 0 Å².